The van der Waals surface area contributed by atoms with Crippen molar-refractivity contribution in [2.24, 2.45) is 14.1 Å². The molecule has 9 heteroatoms. The van der Waals surface area contributed by atoms with E-state index in [-0.39, 0.29) is 20.1 Å². The summed E-state index contributed by atoms with van der Waals surface area (Å²) in [4.78, 5) is 4.22. The molecule has 4 heterocycles. The van der Waals surface area contributed by atoms with E-state index in [1.165, 1.54) is 0 Å². The maximum absolute atomic E-state index is 6.49. The molecule has 0 aliphatic carbocycles. The van der Waals surface area contributed by atoms with Crippen LogP contribution in [0.3, 0.4) is 0 Å². The first kappa shape index (κ1) is 26.0. The molecule has 1 aromatic carbocycles. The molecule has 0 unspecified atom stereocenters. The fraction of sp³-hybridized carbons (Fsp3) is 0.320. The number of imidazole rings is 2. The van der Waals surface area contributed by atoms with Gasteiger partial charge in [0.05, 0.1) is 0 Å². The largest absolute Gasteiger partial charge is 0.521 e. The van der Waals surface area contributed by atoms with E-state index in [1.807, 2.05) is 112 Å². The molecule has 7 nitrogen and oxygen atoms in total. The normalized spacial score (nSPS) is 17.4. The van der Waals surface area contributed by atoms with Gasteiger partial charge in [-0.3, -0.25) is 0 Å². The Balaban J connectivity index is 0.000000212. The fourth-order valence-corrected chi connectivity index (χ4v) is 3.87. The summed E-state index contributed by atoms with van der Waals surface area (Å²) in [6.45, 7) is 6.46. The Kier molecular flexibility index (Phi) is 7.63. The summed E-state index contributed by atoms with van der Waals surface area (Å²) in [6.07, 6.45) is 13.7. The molecule has 1 radical (unpaired) electrons. The van der Waals surface area contributed by atoms with Crippen LogP contribution in [-0.2, 0) is 43.5 Å². The number of hydrogen-bond donors (Lipinski definition) is 0. The average molecular weight is 638 g/mol. The molecule has 181 valence electrons. The van der Waals surface area contributed by atoms with Crippen molar-refractivity contribution in [1.82, 2.24) is 23.1 Å². The molecule has 1 saturated heterocycles. The second kappa shape index (κ2) is 9.96. The van der Waals surface area contributed by atoms with Crippen molar-refractivity contribution in [2.75, 3.05) is 0 Å². The van der Waals surface area contributed by atoms with Gasteiger partial charge >= 0.3 is 6.82 Å². The second-order valence-corrected chi connectivity index (χ2v) is 9.43. The molecule has 5 rings (SSSR count). The zero-order valence-electron chi connectivity index (χ0n) is 20.5. The number of pyridine rings is 1. The predicted octanol–water partition coefficient (Wildman–Crippen LogP) is 4.51. The van der Waals surface area contributed by atoms with Crippen LogP contribution < -0.4 is 0 Å². The van der Waals surface area contributed by atoms with Crippen molar-refractivity contribution in [3.8, 4) is 11.3 Å². The molecule has 34 heavy (non-hydrogen) atoms. The van der Waals surface area contributed by atoms with Crippen LogP contribution in [0.1, 0.15) is 27.7 Å². The third-order valence-corrected chi connectivity index (χ3v) is 6.33. The van der Waals surface area contributed by atoms with E-state index in [9.17, 15) is 0 Å². The Morgan fingerprint density at radius 2 is 1.38 bits per heavy atom. The van der Waals surface area contributed by atoms with Crippen LogP contribution in [0.4, 0.5) is 0 Å². The standard InChI is InChI=1S/C14H24BN4O2.C11H8N.Ir/c1-13(2)14(3,4)21-15(20-13,18-9-7-16(5)11-18)19-10-8-17(6)12-19;1-2-6-10(7-3-1)11-8-4-5-9-12-11;/h7-12H,1-6H3;1-6,8-9H;/q+1;-1;. The van der Waals surface area contributed by atoms with Crippen LogP contribution in [0, 0.1) is 6.07 Å². The van der Waals surface area contributed by atoms with E-state index in [4.69, 9.17) is 9.31 Å². The Morgan fingerprint density at radius 3 is 1.79 bits per heavy atom. The third kappa shape index (κ3) is 5.08. The van der Waals surface area contributed by atoms with Crippen molar-refractivity contribution in [1.29, 1.82) is 0 Å². The van der Waals surface area contributed by atoms with E-state index >= 15 is 0 Å². The zero-order valence-corrected chi connectivity index (χ0v) is 22.9. The first-order valence-electron chi connectivity index (χ1n) is 11.1. The number of aromatic nitrogens is 5. The molecule has 0 bridgehead atoms. The molecule has 0 spiro atoms. The minimum absolute atomic E-state index is 0. The van der Waals surface area contributed by atoms with Gasteiger partial charge in [0.1, 0.15) is 25.0 Å². The quantitative estimate of drug-likeness (QED) is 0.246. The van der Waals surface area contributed by atoms with Gasteiger partial charge in [0.2, 0.25) is 0 Å². The fourth-order valence-electron chi connectivity index (χ4n) is 3.87. The van der Waals surface area contributed by atoms with Crippen LogP contribution in [-0.4, -0.2) is 41.1 Å². The molecule has 3 aromatic heterocycles. The van der Waals surface area contributed by atoms with Crippen LogP contribution >= 0.6 is 0 Å². The molecule has 1 aliphatic heterocycles. The van der Waals surface area contributed by atoms with Gasteiger partial charge < -0.3 is 23.2 Å². The Hall–Kier alpha value is -2.58. The van der Waals surface area contributed by atoms with Gasteiger partial charge in [-0.25, -0.2) is 9.13 Å². The van der Waals surface area contributed by atoms with Crippen LogP contribution in [0.25, 0.3) is 11.3 Å². The van der Waals surface area contributed by atoms with Gasteiger partial charge in [0, 0.05) is 51.6 Å². The van der Waals surface area contributed by atoms with E-state index in [0.29, 0.717) is 0 Å². The van der Waals surface area contributed by atoms with E-state index in [0.717, 1.165) is 11.3 Å². The predicted molar refractivity (Wildman–Crippen MR) is 131 cm³/mol. The van der Waals surface area contributed by atoms with E-state index < -0.39 is 18.0 Å². The maximum Gasteiger partial charge on any atom is 0.517 e. The third-order valence-electron chi connectivity index (χ3n) is 6.33. The van der Waals surface area contributed by atoms with Gasteiger partial charge in [0.15, 0.2) is 12.4 Å². The second-order valence-electron chi connectivity index (χ2n) is 9.43. The van der Waals surface area contributed by atoms with Gasteiger partial charge in [-0.1, -0.05) is 12.1 Å². The summed E-state index contributed by atoms with van der Waals surface area (Å²) in [5.74, 6) is 0. The molecular formula is C25H32BIrN5O2. The van der Waals surface area contributed by atoms with Crippen LogP contribution in [0.15, 0.2) is 86.1 Å². The molecule has 0 amide bonds. The summed E-state index contributed by atoms with van der Waals surface area (Å²) >= 11 is 0. The summed E-state index contributed by atoms with van der Waals surface area (Å²) < 4.78 is 21.0. The molecular weight excluding hydrogens is 605 g/mol. The Bertz CT molecular complexity index is 1110. The Morgan fingerprint density at radius 1 is 0.824 bits per heavy atom. The van der Waals surface area contributed by atoms with Gasteiger partial charge in [-0.05, 0) is 39.5 Å². The molecule has 0 saturated carbocycles. The van der Waals surface area contributed by atoms with Crippen LogP contribution in [0.5, 0.6) is 0 Å². The summed E-state index contributed by atoms with van der Waals surface area (Å²) in [6, 6.07) is 16.8. The first-order valence-corrected chi connectivity index (χ1v) is 11.1. The smallest absolute Gasteiger partial charge is 0.517 e. The number of benzene rings is 1. The van der Waals surface area contributed by atoms with Crippen molar-refractivity contribution in [3.05, 3.63) is 92.2 Å². The molecule has 0 atom stereocenters. The topological polar surface area (TPSA) is 51.1 Å². The number of aryl methyl sites for hydroxylation is 2. The summed E-state index contributed by atoms with van der Waals surface area (Å²) in [5, 5.41) is 0. The van der Waals surface area contributed by atoms with Crippen molar-refractivity contribution >= 4 is 6.82 Å². The first-order chi connectivity index (χ1) is 15.6. The average Bonchev–Trinajstić information content (AvgIpc) is 3.47. The molecule has 4 aromatic rings. The van der Waals surface area contributed by atoms with Crippen LogP contribution in [0.2, 0.25) is 0 Å². The minimum atomic E-state index is -1.83. The number of nitrogens with zero attached hydrogens (tertiary/aromatic N) is 5. The Labute approximate surface area is 215 Å². The van der Waals surface area contributed by atoms with E-state index in [1.54, 1.807) is 6.20 Å². The molecule has 1 aliphatic rings. The SMILES string of the molecule is Cn1ccn([B-]2(n3ccn(C)[cH+]3)OC(C)(C)C(C)(C)O2)[cH+]1.[Ir].[c-]1ccccc1-c1ccccn1. The number of rotatable bonds is 3. The zero-order chi connectivity index (χ0) is 23.7. The van der Waals surface area contributed by atoms with E-state index in [2.05, 4.69) is 38.7 Å². The minimum Gasteiger partial charge on any atom is -0.521 e. The summed E-state index contributed by atoms with van der Waals surface area (Å²) in [7, 11) is 3.97. The molecule has 0 N–H and O–H groups in total. The summed E-state index contributed by atoms with van der Waals surface area (Å²) in [5.41, 5.74) is 1.20. The van der Waals surface area contributed by atoms with Gasteiger partial charge in [0.25, 0.3) is 0 Å². The van der Waals surface area contributed by atoms with Crippen molar-refractivity contribution in [2.45, 2.75) is 38.9 Å². The van der Waals surface area contributed by atoms with Crippen molar-refractivity contribution < 1.29 is 29.4 Å². The van der Waals surface area contributed by atoms with Gasteiger partial charge in [-0.15, -0.1) is 35.9 Å². The van der Waals surface area contributed by atoms with Crippen molar-refractivity contribution in [3.63, 3.8) is 0 Å². The monoisotopic (exact) mass is 638 g/mol. The number of hydrogen-bond acceptors (Lipinski definition) is 3. The molecule has 1 fully saturated rings. The maximum atomic E-state index is 6.49. The van der Waals surface area contributed by atoms with Gasteiger partial charge in [-0.2, -0.15) is 0 Å².